The zero-order chi connectivity index (χ0) is 18.7. The fourth-order valence-electron chi connectivity index (χ4n) is 2.76. The summed E-state index contributed by atoms with van der Waals surface area (Å²) in [6, 6.07) is 10.6. The molecule has 134 valence electrons. The fourth-order valence-corrected chi connectivity index (χ4v) is 3.27. The summed E-state index contributed by atoms with van der Waals surface area (Å²) in [6.45, 7) is 4.38. The summed E-state index contributed by atoms with van der Waals surface area (Å²) in [5.74, 6) is -0.578. The molecule has 0 atom stereocenters. The van der Waals surface area contributed by atoms with Crippen LogP contribution < -0.4 is 5.32 Å². The Morgan fingerprint density at radius 1 is 1.19 bits per heavy atom. The molecule has 0 radical (unpaired) electrons. The van der Waals surface area contributed by atoms with Crippen LogP contribution in [0, 0.1) is 0 Å². The molecule has 1 N–H and O–H groups in total. The largest absolute Gasteiger partial charge is 0.462 e. The van der Waals surface area contributed by atoms with Crippen LogP contribution in [-0.4, -0.2) is 24.2 Å². The van der Waals surface area contributed by atoms with E-state index in [9.17, 15) is 9.59 Å². The maximum absolute atomic E-state index is 12.4. The van der Waals surface area contributed by atoms with Gasteiger partial charge in [-0.25, -0.2) is 9.79 Å². The predicted octanol–water partition coefficient (Wildman–Crippen LogP) is 4.65. The van der Waals surface area contributed by atoms with Gasteiger partial charge >= 0.3 is 5.97 Å². The normalized spacial score (nSPS) is 14.3. The maximum Gasteiger partial charge on any atom is 0.338 e. The first-order valence-electron chi connectivity index (χ1n) is 8.53. The van der Waals surface area contributed by atoms with E-state index in [-0.39, 0.29) is 11.9 Å². The van der Waals surface area contributed by atoms with Crippen molar-refractivity contribution < 1.29 is 14.3 Å². The van der Waals surface area contributed by atoms with E-state index in [1.165, 1.54) is 0 Å². The quantitative estimate of drug-likeness (QED) is 0.723. The van der Waals surface area contributed by atoms with Gasteiger partial charge in [-0.3, -0.25) is 4.79 Å². The topological polar surface area (TPSA) is 67.8 Å². The Morgan fingerprint density at radius 3 is 2.58 bits per heavy atom. The highest BCUT2D eigenvalue weighted by molar-refractivity contribution is 9.10. The molecule has 2 aromatic rings. The van der Waals surface area contributed by atoms with E-state index in [0.717, 1.165) is 34.1 Å². The van der Waals surface area contributed by atoms with Gasteiger partial charge in [0, 0.05) is 10.0 Å². The number of hydrogen-bond donors (Lipinski definition) is 1. The van der Waals surface area contributed by atoms with Gasteiger partial charge in [0.05, 0.1) is 23.5 Å². The minimum Gasteiger partial charge on any atom is -0.462 e. The van der Waals surface area contributed by atoms with Crippen LogP contribution >= 0.6 is 15.9 Å². The van der Waals surface area contributed by atoms with E-state index >= 15 is 0 Å². The number of halogens is 1. The number of rotatable bonds is 5. The molecule has 1 aliphatic rings. The van der Waals surface area contributed by atoms with E-state index in [1.807, 2.05) is 26.0 Å². The number of carbonyl (C=O) groups is 2. The lowest BCUT2D eigenvalue weighted by molar-refractivity contribution is -0.110. The molecular weight excluding hydrogens is 396 g/mol. The third kappa shape index (κ3) is 3.70. The number of benzene rings is 2. The van der Waals surface area contributed by atoms with Gasteiger partial charge in [0.2, 0.25) is 0 Å². The lowest BCUT2D eigenvalue weighted by Gasteiger charge is -2.06. The smallest absolute Gasteiger partial charge is 0.338 e. The van der Waals surface area contributed by atoms with E-state index in [4.69, 9.17) is 4.74 Å². The van der Waals surface area contributed by atoms with E-state index in [0.29, 0.717) is 23.6 Å². The van der Waals surface area contributed by atoms with Crippen molar-refractivity contribution in [3.05, 3.63) is 57.6 Å². The number of hydrogen-bond acceptors (Lipinski definition) is 4. The molecule has 1 aliphatic heterocycles. The summed E-state index contributed by atoms with van der Waals surface area (Å²) < 4.78 is 6.02. The van der Waals surface area contributed by atoms with Crippen molar-refractivity contribution in [2.24, 2.45) is 4.99 Å². The number of carbonyl (C=O) groups excluding carboxylic acids is 2. The van der Waals surface area contributed by atoms with Crippen molar-refractivity contribution in [1.29, 1.82) is 0 Å². The molecule has 0 saturated heterocycles. The van der Waals surface area contributed by atoms with Crippen LogP contribution in [0.5, 0.6) is 0 Å². The lowest BCUT2D eigenvalue weighted by atomic mass is 10.0. The Labute approximate surface area is 160 Å². The Balaban J connectivity index is 1.91. The van der Waals surface area contributed by atoms with Gasteiger partial charge in [0.15, 0.2) is 0 Å². The fraction of sp³-hybridized carbons (Fsp3) is 0.250. The summed E-state index contributed by atoms with van der Waals surface area (Å²) in [5.41, 5.74) is 4.11. The van der Waals surface area contributed by atoms with Crippen molar-refractivity contribution in [2.75, 3.05) is 11.9 Å². The van der Waals surface area contributed by atoms with Gasteiger partial charge in [-0.2, -0.15) is 0 Å². The number of esters is 1. The number of fused-ring (bicyclic) bond motifs is 1. The second kappa shape index (κ2) is 7.83. The molecule has 0 aromatic heterocycles. The Hall–Kier alpha value is -2.47. The van der Waals surface area contributed by atoms with Gasteiger partial charge in [-0.1, -0.05) is 29.8 Å². The third-order valence-corrected chi connectivity index (χ3v) is 4.51. The number of nitrogens with zero attached hydrogens (tertiary/aromatic N) is 1. The van der Waals surface area contributed by atoms with Crippen molar-refractivity contribution in [3.63, 3.8) is 0 Å². The van der Waals surface area contributed by atoms with E-state index < -0.39 is 0 Å². The standard InChI is InChI=1S/C20H19BrN2O3/c1-3-9-26-20(25)13-5-7-15(8-6-13)22-18-16-11-14(21)10-12(4-2)17(16)23-19(18)24/h5-8,10-11H,3-4,9H2,1-2H3,(H,22,23,24). The van der Waals surface area contributed by atoms with Gasteiger partial charge < -0.3 is 10.1 Å². The maximum atomic E-state index is 12.4. The predicted molar refractivity (Wildman–Crippen MR) is 105 cm³/mol. The zero-order valence-corrected chi connectivity index (χ0v) is 16.2. The van der Waals surface area contributed by atoms with Gasteiger partial charge in [-0.15, -0.1) is 0 Å². The first-order valence-corrected chi connectivity index (χ1v) is 9.32. The molecule has 0 bridgehead atoms. The van der Waals surface area contributed by atoms with Crippen molar-refractivity contribution >= 4 is 44.9 Å². The Bertz CT molecular complexity index is 889. The SMILES string of the molecule is CCCOC(=O)c1ccc(N=C2C(=O)Nc3c(CC)cc(Br)cc32)cc1. The number of ether oxygens (including phenoxy) is 1. The van der Waals surface area contributed by atoms with Gasteiger partial charge in [-0.05, 0) is 54.8 Å². The summed E-state index contributed by atoms with van der Waals surface area (Å²) in [4.78, 5) is 28.7. The number of aliphatic imine (C=N–C) groups is 1. The van der Waals surface area contributed by atoms with E-state index in [2.05, 4.69) is 26.2 Å². The first kappa shape index (κ1) is 18.3. The third-order valence-electron chi connectivity index (χ3n) is 4.06. The molecule has 3 rings (SSSR count). The van der Waals surface area contributed by atoms with Crippen molar-refractivity contribution in [3.8, 4) is 0 Å². The second-order valence-electron chi connectivity index (χ2n) is 5.94. The average molecular weight is 415 g/mol. The number of nitrogens with one attached hydrogen (secondary N) is 1. The summed E-state index contributed by atoms with van der Waals surface area (Å²) >= 11 is 3.49. The Kier molecular flexibility index (Phi) is 5.52. The second-order valence-corrected chi connectivity index (χ2v) is 6.85. The monoisotopic (exact) mass is 414 g/mol. The molecule has 0 aliphatic carbocycles. The molecule has 1 heterocycles. The highest BCUT2D eigenvalue weighted by Crippen LogP contribution is 2.32. The summed E-state index contributed by atoms with van der Waals surface area (Å²) in [5, 5.41) is 2.90. The van der Waals surface area contributed by atoms with Gasteiger partial charge in [0.1, 0.15) is 5.71 Å². The van der Waals surface area contributed by atoms with Crippen LogP contribution in [0.2, 0.25) is 0 Å². The highest BCUT2D eigenvalue weighted by atomic mass is 79.9. The lowest BCUT2D eigenvalue weighted by Crippen LogP contribution is -2.14. The highest BCUT2D eigenvalue weighted by Gasteiger charge is 2.28. The van der Waals surface area contributed by atoms with Crippen LogP contribution in [0.15, 0.2) is 45.9 Å². The molecule has 26 heavy (non-hydrogen) atoms. The van der Waals surface area contributed by atoms with Crippen LogP contribution in [0.1, 0.15) is 41.8 Å². The van der Waals surface area contributed by atoms with Crippen LogP contribution in [0.3, 0.4) is 0 Å². The van der Waals surface area contributed by atoms with Crippen LogP contribution in [0.4, 0.5) is 11.4 Å². The zero-order valence-electron chi connectivity index (χ0n) is 14.6. The van der Waals surface area contributed by atoms with Crippen molar-refractivity contribution in [1.82, 2.24) is 0 Å². The number of amides is 1. The van der Waals surface area contributed by atoms with Crippen LogP contribution in [-0.2, 0) is 16.0 Å². The molecule has 0 spiro atoms. The molecule has 6 heteroatoms. The molecule has 1 amide bonds. The summed E-state index contributed by atoms with van der Waals surface area (Å²) in [7, 11) is 0. The minimum atomic E-state index is -0.355. The average Bonchev–Trinajstić information content (AvgIpc) is 2.95. The minimum absolute atomic E-state index is 0.223. The van der Waals surface area contributed by atoms with E-state index in [1.54, 1.807) is 24.3 Å². The summed E-state index contributed by atoms with van der Waals surface area (Å²) in [6.07, 6.45) is 1.59. The number of aryl methyl sites for hydroxylation is 1. The molecule has 0 fully saturated rings. The molecule has 0 unspecified atom stereocenters. The number of anilines is 1. The van der Waals surface area contributed by atoms with Gasteiger partial charge in [0.25, 0.3) is 5.91 Å². The molecule has 0 saturated carbocycles. The van der Waals surface area contributed by atoms with Crippen LogP contribution in [0.25, 0.3) is 0 Å². The van der Waals surface area contributed by atoms with Crippen molar-refractivity contribution in [2.45, 2.75) is 26.7 Å². The first-order chi connectivity index (χ1) is 12.5. The molecule has 2 aromatic carbocycles. The molecular formula is C20H19BrN2O3. The Morgan fingerprint density at radius 2 is 1.92 bits per heavy atom. The molecule has 5 nitrogen and oxygen atoms in total.